The van der Waals surface area contributed by atoms with Gasteiger partial charge in [0.2, 0.25) is 0 Å². The van der Waals surface area contributed by atoms with E-state index in [1.165, 1.54) is 34.8 Å². The Bertz CT molecular complexity index is 2650. The molecule has 1 radical (unpaired) electrons. The van der Waals surface area contributed by atoms with E-state index >= 15 is 0 Å². The molecule has 4 aliphatic rings. The maximum Gasteiger partial charge on any atom is 0.416 e. The van der Waals surface area contributed by atoms with Crippen LogP contribution < -0.4 is 21.9 Å². The second-order valence-electron chi connectivity index (χ2n) is 23.9. The number of halogens is 25. The first-order chi connectivity index (χ1) is 42.1. The normalized spacial score (nSPS) is 17.8. The van der Waals surface area contributed by atoms with Crippen molar-refractivity contribution in [1.29, 1.82) is 0 Å². The van der Waals surface area contributed by atoms with Crippen molar-refractivity contribution in [3.63, 3.8) is 0 Å². The zero-order chi connectivity index (χ0) is 67.3. The van der Waals surface area contributed by atoms with E-state index in [-0.39, 0.29) is 25.3 Å². The predicted molar refractivity (Wildman–Crippen MR) is 303 cm³/mol. The topological polar surface area (TPSA) is 0 Å². The zero-order valence-electron chi connectivity index (χ0n) is 48.7. The molecule has 0 atom stereocenters. The summed E-state index contributed by atoms with van der Waals surface area (Å²) in [5, 5.41) is 0. The maximum atomic E-state index is 14.2. The van der Waals surface area contributed by atoms with Gasteiger partial charge in [-0.15, -0.1) is 0 Å². The molecule has 29 heteroatoms. The molecule has 0 nitrogen and oxygen atoms in total. The number of alkyl halides is 24. The van der Waals surface area contributed by atoms with Crippen LogP contribution in [-0.4, -0.2) is 34.7 Å². The van der Waals surface area contributed by atoms with Crippen LogP contribution in [0.5, 0.6) is 0 Å². The average molecular weight is 1470 g/mol. The molecule has 4 fully saturated rings. The second-order valence-corrected chi connectivity index (χ2v) is 30.0. The molecular formula is C63H63BF25P2Rh-. The predicted octanol–water partition coefficient (Wildman–Crippen LogP) is 22.3. The minimum Gasteiger partial charge on any atom is -0.207 e. The molecule has 5 aromatic carbocycles. The van der Waals surface area contributed by atoms with Crippen molar-refractivity contribution in [3.8, 4) is 0 Å². The van der Waals surface area contributed by atoms with E-state index in [1.807, 2.05) is 0 Å². The molecule has 0 spiro atoms. The Hall–Kier alpha value is -4.10. The minimum atomic E-state index is -6.13. The van der Waals surface area contributed by atoms with Gasteiger partial charge in [-0.05, 0) is 116 Å². The Kier molecular flexibility index (Phi) is 25.5. The van der Waals surface area contributed by atoms with Gasteiger partial charge in [0.25, 0.3) is 0 Å². The van der Waals surface area contributed by atoms with Gasteiger partial charge in [0, 0.05) is 19.5 Å². The van der Waals surface area contributed by atoms with Crippen LogP contribution >= 0.6 is 15.8 Å². The van der Waals surface area contributed by atoms with Crippen LogP contribution in [-0.2, 0) is 68.9 Å². The van der Waals surface area contributed by atoms with Crippen molar-refractivity contribution in [2.45, 2.75) is 200 Å². The van der Waals surface area contributed by atoms with Gasteiger partial charge < -0.3 is 0 Å². The molecule has 513 valence electrons. The summed E-state index contributed by atoms with van der Waals surface area (Å²) in [7, 11) is 0.686. The van der Waals surface area contributed by atoms with Crippen molar-refractivity contribution in [2.75, 3.05) is 5.90 Å². The van der Waals surface area contributed by atoms with Gasteiger partial charge in [-0.2, -0.15) is 127 Å². The third-order valence-corrected chi connectivity index (χ3v) is 26.1. The fourth-order valence-electron chi connectivity index (χ4n) is 13.4. The van der Waals surface area contributed by atoms with Gasteiger partial charge in [-0.1, -0.05) is 160 Å². The monoisotopic (exact) mass is 1470 g/mol. The fraction of sp³-hybridized carbons (Fsp3) is 0.524. The van der Waals surface area contributed by atoms with Gasteiger partial charge in [-0.25, -0.2) is 4.39 Å². The second kappa shape index (κ2) is 30.5. The molecule has 0 bridgehead atoms. The summed E-state index contributed by atoms with van der Waals surface area (Å²) in [5.41, 5.74) is -25.4. The molecular weight excluding hydrogens is 1410 g/mol. The summed E-state index contributed by atoms with van der Waals surface area (Å²) >= 11 is 0. The summed E-state index contributed by atoms with van der Waals surface area (Å²) in [6.07, 6.45) is -23.1. The van der Waals surface area contributed by atoms with Crippen LogP contribution in [0.2, 0.25) is 0 Å². The maximum absolute atomic E-state index is 14.2. The molecule has 4 saturated carbocycles. The third kappa shape index (κ3) is 20.0. The first-order valence-electron chi connectivity index (χ1n) is 29.6. The Morgan fingerprint density at radius 3 is 0.587 bits per heavy atom. The standard InChI is InChI=1S/C32H12BF24.C25H46P2.C6H5F.Rh/c34-25(35,36)13-1-14(26(37,38)39)6-21(5-13)33(22-7-15(27(40,41)42)2-16(8-22)28(43,44)45,23-9-17(29(46,47)48)3-18(10-23)30(49,50)51)24-11-19(31(52,53)54)4-20(12-24)32(55,56)57;1-5-13-22(14-6-1)26(23-15-7-2-8-16-23)21-27(24-17-9-3-10-18-24)25-19-11-4-12-20-25;7-6-4-2-1-3-5-6;/h1-12H;22-25H,1-21H2;1-5H;/q-1;;;. The molecule has 0 amide bonds. The summed E-state index contributed by atoms with van der Waals surface area (Å²) in [6, 6.07) is -0.872. The van der Waals surface area contributed by atoms with Crippen molar-refractivity contribution in [3.05, 3.63) is 153 Å². The largest absolute Gasteiger partial charge is 0.416 e. The van der Waals surface area contributed by atoms with Crippen LogP contribution in [0.4, 0.5) is 110 Å². The van der Waals surface area contributed by atoms with E-state index in [1.54, 1.807) is 153 Å². The summed E-state index contributed by atoms with van der Waals surface area (Å²) in [6.45, 7) is 0. The molecule has 0 unspecified atom stereocenters. The van der Waals surface area contributed by atoms with Crippen LogP contribution in [0, 0.1) is 5.82 Å². The van der Waals surface area contributed by atoms with Crippen LogP contribution in [0.15, 0.2) is 103 Å². The van der Waals surface area contributed by atoms with E-state index in [0.717, 1.165) is 0 Å². The number of rotatable bonds is 10. The van der Waals surface area contributed by atoms with E-state index < -0.39 is 195 Å². The van der Waals surface area contributed by atoms with Crippen molar-refractivity contribution in [2.24, 2.45) is 0 Å². The zero-order valence-corrected chi connectivity index (χ0v) is 52.2. The number of hydrogen-bond donors (Lipinski definition) is 0. The Morgan fingerprint density at radius 2 is 0.446 bits per heavy atom. The molecule has 0 saturated heterocycles. The molecule has 9 rings (SSSR count). The van der Waals surface area contributed by atoms with Gasteiger partial charge >= 0.3 is 49.4 Å². The molecule has 0 aromatic heterocycles. The first-order valence-corrected chi connectivity index (χ1v) is 33.0. The first kappa shape index (κ1) is 76.9. The molecule has 0 heterocycles. The number of benzene rings is 5. The van der Waals surface area contributed by atoms with Crippen molar-refractivity contribution < 1.29 is 129 Å². The van der Waals surface area contributed by atoms with Gasteiger partial charge in [-0.3, -0.25) is 0 Å². The molecule has 0 N–H and O–H groups in total. The van der Waals surface area contributed by atoms with E-state index in [9.17, 15) is 110 Å². The summed E-state index contributed by atoms with van der Waals surface area (Å²) in [4.78, 5) is 0. The van der Waals surface area contributed by atoms with Crippen molar-refractivity contribution in [1.82, 2.24) is 0 Å². The average Bonchev–Trinajstić information content (AvgIpc) is 0.709. The van der Waals surface area contributed by atoms with Crippen LogP contribution in [0.25, 0.3) is 0 Å². The smallest absolute Gasteiger partial charge is 0.207 e. The Morgan fingerprint density at radius 1 is 0.272 bits per heavy atom. The van der Waals surface area contributed by atoms with Gasteiger partial charge in [0.05, 0.1) is 44.5 Å². The minimum absolute atomic E-state index is 0. The third-order valence-electron chi connectivity index (χ3n) is 17.7. The summed E-state index contributed by atoms with van der Waals surface area (Å²) in [5.74, 6) is 1.61. The van der Waals surface area contributed by atoms with E-state index in [0.29, 0.717) is 15.8 Å². The van der Waals surface area contributed by atoms with E-state index in [2.05, 4.69) is 0 Å². The molecule has 4 aliphatic carbocycles. The summed E-state index contributed by atoms with van der Waals surface area (Å²) < 4.78 is 353. The Balaban J connectivity index is 0.000000313. The fourth-order valence-corrected chi connectivity index (χ4v) is 23.9. The van der Waals surface area contributed by atoms with Crippen LogP contribution in [0.1, 0.15) is 173 Å². The molecule has 5 aromatic rings. The Labute approximate surface area is 530 Å². The molecule has 0 aliphatic heterocycles. The SMILES string of the molecule is C1CCC(P(CP(C2CCCCC2)C2CCCCC2)C2CCCCC2)CC1.FC(F)(F)c1cc([B-](c2cc(C(F)(F)F)cc(C(F)(F)F)c2)(c2cc(C(F)(F)F)cc(C(F)(F)F)c2)c2cc(C(F)(F)F)cc(C(F)(F)F)c2)cc(C(F)(F)F)c1.Fc1ccccc1.[Rh]. The quantitative estimate of drug-likeness (QED) is 0.0743. The van der Waals surface area contributed by atoms with Crippen LogP contribution in [0.3, 0.4) is 0 Å². The van der Waals surface area contributed by atoms with Gasteiger partial charge in [0.15, 0.2) is 0 Å². The molecule has 92 heavy (non-hydrogen) atoms. The van der Waals surface area contributed by atoms with E-state index in [4.69, 9.17) is 0 Å². The number of hydrogen-bond acceptors (Lipinski definition) is 0. The van der Waals surface area contributed by atoms with Gasteiger partial charge in [0.1, 0.15) is 12.0 Å². The van der Waals surface area contributed by atoms with Crippen molar-refractivity contribution >= 4 is 43.8 Å².